The topological polar surface area (TPSA) is 35.2 Å². The number of rotatable bonds is 3. The van der Waals surface area contributed by atoms with E-state index in [0.29, 0.717) is 18.0 Å². The normalized spacial score (nSPS) is 10.2. The lowest BCUT2D eigenvalue weighted by Gasteiger charge is -2.08. The highest BCUT2D eigenvalue weighted by Gasteiger charge is 2.02. The lowest BCUT2D eigenvalue weighted by molar-refractivity contribution is 0.306. The van der Waals surface area contributed by atoms with Gasteiger partial charge in [-0.1, -0.05) is 12.1 Å². The third-order valence-electron chi connectivity index (χ3n) is 2.28. The van der Waals surface area contributed by atoms with Crippen molar-refractivity contribution in [3.8, 4) is 5.75 Å². The fourth-order valence-corrected chi connectivity index (χ4v) is 1.73. The summed E-state index contributed by atoms with van der Waals surface area (Å²) in [5, 5.41) is 0. The molecule has 0 saturated carbocycles. The molecule has 0 aliphatic rings. The SMILES string of the molecule is Nc1ccc(F)cc1OCc1ccc(I)cc1. The molecule has 0 heterocycles. The number of ether oxygens (including phenoxy) is 1. The van der Waals surface area contributed by atoms with Crippen LogP contribution in [0.15, 0.2) is 42.5 Å². The minimum absolute atomic E-state index is 0.350. The highest BCUT2D eigenvalue weighted by molar-refractivity contribution is 14.1. The van der Waals surface area contributed by atoms with Gasteiger partial charge in [0.25, 0.3) is 0 Å². The van der Waals surface area contributed by atoms with Crippen molar-refractivity contribution in [3.05, 3.63) is 57.4 Å². The van der Waals surface area contributed by atoms with Crippen molar-refractivity contribution in [2.24, 2.45) is 0 Å². The van der Waals surface area contributed by atoms with Gasteiger partial charge in [0.2, 0.25) is 0 Å². The molecule has 2 aromatic carbocycles. The van der Waals surface area contributed by atoms with E-state index in [9.17, 15) is 4.39 Å². The Labute approximate surface area is 113 Å². The monoisotopic (exact) mass is 343 g/mol. The molecule has 0 bridgehead atoms. The second kappa shape index (κ2) is 5.35. The first kappa shape index (κ1) is 12.2. The van der Waals surface area contributed by atoms with Gasteiger partial charge in [-0.2, -0.15) is 0 Å². The lowest BCUT2D eigenvalue weighted by Crippen LogP contribution is -1.99. The summed E-state index contributed by atoms with van der Waals surface area (Å²) in [6.07, 6.45) is 0. The minimum atomic E-state index is -0.350. The maximum absolute atomic E-state index is 13.0. The number of benzene rings is 2. The molecule has 0 fully saturated rings. The van der Waals surface area contributed by atoms with Crippen molar-refractivity contribution < 1.29 is 9.13 Å². The summed E-state index contributed by atoms with van der Waals surface area (Å²) in [7, 11) is 0. The Morgan fingerprint density at radius 2 is 1.82 bits per heavy atom. The number of hydrogen-bond acceptors (Lipinski definition) is 2. The Kier molecular flexibility index (Phi) is 3.83. The van der Waals surface area contributed by atoms with E-state index in [0.717, 1.165) is 9.13 Å². The molecule has 0 aliphatic carbocycles. The maximum Gasteiger partial charge on any atom is 0.145 e. The molecule has 2 aromatic rings. The van der Waals surface area contributed by atoms with Crippen LogP contribution in [-0.4, -0.2) is 0 Å². The van der Waals surface area contributed by atoms with Crippen LogP contribution in [0, 0.1) is 9.39 Å². The zero-order chi connectivity index (χ0) is 12.3. The lowest BCUT2D eigenvalue weighted by atomic mass is 10.2. The van der Waals surface area contributed by atoms with E-state index in [4.69, 9.17) is 10.5 Å². The Morgan fingerprint density at radius 3 is 2.53 bits per heavy atom. The molecular formula is C13H11FINO. The summed E-state index contributed by atoms with van der Waals surface area (Å²) in [6.45, 7) is 0.380. The zero-order valence-corrected chi connectivity index (χ0v) is 11.1. The summed E-state index contributed by atoms with van der Waals surface area (Å²) < 4.78 is 19.6. The molecule has 2 N–H and O–H groups in total. The van der Waals surface area contributed by atoms with Gasteiger partial charge in [-0.15, -0.1) is 0 Å². The predicted molar refractivity (Wildman–Crippen MR) is 74.3 cm³/mol. The highest BCUT2D eigenvalue weighted by Crippen LogP contribution is 2.23. The van der Waals surface area contributed by atoms with Crippen LogP contribution in [0.25, 0.3) is 0 Å². The average molecular weight is 343 g/mol. The number of anilines is 1. The molecule has 0 radical (unpaired) electrons. The van der Waals surface area contributed by atoms with Crippen molar-refractivity contribution in [2.75, 3.05) is 5.73 Å². The molecule has 0 saturated heterocycles. The summed E-state index contributed by atoms with van der Waals surface area (Å²) in [5.74, 6) is 0.0281. The van der Waals surface area contributed by atoms with Crippen LogP contribution >= 0.6 is 22.6 Å². The summed E-state index contributed by atoms with van der Waals surface area (Å²) in [4.78, 5) is 0. The van der Waals surface area contributed by atoms with Crippen LogP contribution in [0.1, 0.15) is 5.56 Å². The van der Waals surface area contributed by atoms with Gasteiger partial charge in [0.1, 0.15) is 18.2 Å². The average Bonchev–Trinajstić information content (AvgIpc) is 2.32. The van der Waals surface area contributed by atoms with Crippen LogP contribution in [0.2, 0.25) is 0 Å². The first-order chi connectivity index (χ1) is 8.15. The van der Waals surface area contributed by atoms with Gasteiger partial charge in [-0.25, -0.2) is 4.39 Å². The molecule has 0 amide bonds. The number of hydrogen-bond donors (Lipinski definition) is 1. The molecule has 17 heavy (non-hydrogen) atoms. The summed E-state index contributed by atoms with van der Waals surface area (Å²) in [6, 6.07) is 12.0. The van der Waals surface area contributed by atoms with E-state index in [2.05, 4.69) is 22.6 Å². The van der Waals surface area contributed by atoms with Gasteiger partial charge in [-0.05, 0) is 52.4 Å². The van der Waals surface area contributed by atoms with Crippen molar-refractivity contribution in [1.29, 1.82) is 0 Å². The summed E-state index contributed by atoms with van der Waals surface area (Å²) >= 11 is 2.24. The van der Waals surface area contributed by atoms with Crippen LogP contribution in [0.4, 0.5) is 10.1 Å². The van der Waals surface area contributed by atoms with Gasteiger partial charge < -0.3 is 10.5 Å². The Morgan fingerprint density at radius 1 is 1.12 bits per heavy atom. The zero-order valence-electron chi connectivity index (χ0n) is 8.99. The first-order valence-corrected chi connectivity index (χ1v) is 6.15. The van der Waals surface area contributed by atoms with Crippen LogP contribution in [0.5, 0.6) is 5.75 Å². The fraction of sp³-hybridized carbons (Fsp3) is 0.0769. The van der Waals surface area contributed by atoms with Gasteiger partial charge in [0.05, 0.1) is 5.69 Å². The quantitative estimate of drug-likeness (QED) is 0.683. The highest BCUT2D eigenvalue weighted by atomic mass is 127. The van der Waals surface area contributed by atoms with E-state index >= 15 is 0 Å². The number of nitrogen functional groups attached to an aromatic ring is 1. The van der Waals surface area contributed by atoms with Crippen molar-refractivity contribution in [2.45, 2.75) is 6.61 Å². The van der Waals surface area contributed by atoms with E-state index in [-0.39, 0.29) is 5.82 Å². The molecule has 88 valence electrons. The van der Waals surface area contributed by atoms with Gasteiger partial charge in [0, 0.05) is 9.64 Å². The van der Waals surface area contributed by atoms with E-state index in [1.54, 1.807) is 0 Å². The van der Waals surface area contributed by atoms with Crippen molar-refractivity contribution >= 4 is 28.3 Å². The third-order valence-corrected chi connectivity index (χ3v) is 3.00. The second-order valence-corrected chi connectivity index (χ2v) is 4.84. The van der Waals surface area contributed by atoms with Crippen LogP contribution < -0.4 is 10.5 Å². The third kappa shape index (κ3) is 3.33. The molecule has 4 heteroatoms. The largest absolute Gasteiger partial charge is 0.487 e. The van der Waals surface area contributed by atoms with E-state index < -0.39 is 0 Å². The Bertz CT molecular complexity index is 513. The summed E-state index contributed by atoms with van der Waals surface area (Å²) in [5.41, 5.74) is 7.15. The van der Waals surface area contributed by atoms with E-state index in [1.165, 1.54) is 18.2 Å². The molecule has 0 unspecified atom stereocenters. The molecule has 0 atom stereocenters. The number of nitrogens with two attached hydrogens (primary N) is 1. The Hall–Kier alpha value is -1.30. The molecule has 0 spiro atoms. The fourth-order valence-electron chi connectivity index (χ4n) is 1.37. The van der Waals surface area contributed by atoms with Crippen molar-refractivity contribution in [1.82, 2.24) is 0 Å². The predicted octanol–water partition coefficient (Wildman–Crippen LogP) is 3.59. The van der Waals surface area contributed by atoms with Gasteiger partial charge in [0.15, 0.2) is 0 Å². The molecule has 0 aromatic heterocycles. The molecule has 2 rings (SSSR count). The molecule has 0 aliphatic heterocycles. The minimum Gasteiger partial charge on any atom is -0.487 e. The second-order valence-electron chi connectivity index (χ2n) is 3.60. The van der Waals surface area contributed by atoms with Crippen molar-refractivity contribution in [3.63, 3.8) is 0 Å². The maximum atomic E-state index is 13.0. The van der Waals surface area contributed by atoms with Crippen LogP contribution in [0.3, 0.4) is 0 Å². The number of halogens is 2. The van der Waals surface area contributed by atoms with E-state index in [1.807, 2.05) is 24.3 Å². The van der Waals surface area contributed by atoms with Gasteiger partial charge in [-0.3, -0.25) is 0 Å². The first-order valence-electron chi connectivity index (χ1n) is 5.07. The smallest absolute Gasteiger partial charge is 0.145 e. The molecular weight excluding hydrogens is 332 g/mol. The van der Waals surface area contributed by atoms with Gasteiger partial charge >= 0.3 is 0 Å². The Balaban J connectivity index is 2.07. The van der Waals surface area contributed by atoms with Crippen LogP contribution in [-0.2, 0) is 6.61 Å². The molecule has 2 nitrogen and oxygen atoms in total. The standard InChI is InChI=1S/C13H11FINO/c14-10-3-6-12(16)13(7-10)17-8-9-1-4-11(15)5-2-9/h1-7H,8,16H2.